The number of aromatic nitrogens is 3. The summed E-state index contributed by atoms with van der Waals surface area (Å²) in [5.41, 5.74) is -1.98. The molecule has 2 rings (SSSR count). The van der Waals surface area contributed by atoms with E-state index >= 15 is 0 Å². The van der Waals surface area contributed by atoms with E-state index in [4.69, 9.17) is 6.42 Å². The number of terminal acetylenes is 1. The largest absolute Gasteiger partial charge is 0.382 e. The van der Waals surface area contributed by atoms with Gasteiger partial charge in [-0.25, -0.2) is 13.5 Å². The fraction of sp³-hybridized carbons (Fsp3) is 0.286. The van der Waals surface area contributed by atoms with Crippen LogP contribution in [0.1, 0.15) is 12.5 Å². The summed E-state index contributed by atoms with van der Waals surface area (Å²) in [5, 5.41) is 18.1. The molecule has 0 spiro atoms. The number of rotatable bonds is 4. The highest BCUT2D eigenvalue weighted by Crippen LogP contribution is 2.33. The lowest BCUT2D eigenvalue weighted by Crippen LogP contribution is -2.39. The Kier molecular flexibility index (Phi) is 3.81. The molecule has 2 aromatic rings. The standard InChI is InChI=1S/C14H13F2N3O/c1-3-10(2)14(20,9-19-7-6-17-18-19)12-8-11(15)4-5-13(12)16/h1,4-8,10,20H,9H2,2H3/t10-,14+/m0/s1. The Balaban J connectivity index is 2.52. The van der Waals surface area contributed by atoms with Crippen LogP contribution in [0.5, 0.6) is 0 Å². The van der Waals surface area contributed by atoms with E-state index in [1.54, 1.807) is 6.92 Å². The van der Waals surface area contributed by atoms with Crippen molar-refractivity contribution in [3.63, 3.8) is 0 Å². The summed E-state index contributed by atoms with van der Waals surface area (Å²) in [6.07, 6.45) is 8.27. The van der Waals surface area contributed by atoms with Crippen molar-refractivity contribution in [2.45, 2.75) is 19.1 Å². The van der Waals surface area contributed by atoms with E-state index in [1.807, 2.05) is 0 Å². The van der Waals surface area contributed by atoms with Crippen molar-refractivity contribution in [1.29, 1.82) is 0 Å². The third-order valence-electron chi connectivity index (χ3n) is 3.24. The van der Waals surface area contributed by atoms with Crippen molar-refractivity contribution in [3.8, 4) is 12.3 Å². The SMILES string of the molecule is C#C[C@H](C)[C@](O)(Cn1ccnn1)c1cc(F)ccc1F. The van der Waals surface area contributed by atoms with E-state index in [0.717, 1.165) is 18.2 Å². The van der Waals surface area contributed by atoms with Gasteiger partial charge in [0.05, 0.1) is 18.7 Å². The zero-order valence-corrected chi connectivity index (χ0v) is 10.8. The zero-order chi connectivity index (χ0) is 14.8. The van der Waals surface area contributed by atoms with Gasteiger partial charge in [0.1, 0.15) is 17.2 Å². The van der Waals surface area contributed by atoms with Crippen LogP contribution >= 0.6 is 0 Å². The van der Waals surface area contributed by atoms with E-state index in [1.165, 1.54) is 17.1 Å². The van der Waals surface area contributed by atoms with Crippen molar-refractivity contribution in [2.24, 2.45) is 5.92 Å². The average molecular weight is 277 g/mol. The van der Waals surface area contributed by atoms with Gasteiger partial charge < -0.3 is 5.11 Å². The highest BCUT2D eigenvalue weighted by atomic mass is 19.1. The van der Waals surface area contributed by atoms with Gasteiger partial charge in [0.15, 0.2) is 0 Å². The zero-order valence-electron chi connectivity index (χ0n) is 10.8. The summed E-state index contributed by atoms with van der Waals surface area (Å²) in [7, 11) is 0. The quantitative estimate of drug-likeness (QED) is 0.866. The number of aliphatic hydroxyl groups is 1. The van der Waals surface area contributed by atoms with E-state index < -0.39 is 23.2 Å². The summed E-state index contributed by atoms with van der Waals surface area (Å²) in [4.78, 5) is 0. The van der Waals surface area contributed by atoms with E-state index in [2.05, 4.69) is 16.2 Å². The summed E-state index contributed by atoms with van der Waals surface area (Å²) in [5.74, 6) is 0.239. The Bertz CT molecular complexity index is 636. The van der Waals surface area contributed by atoms with Crippen LogP contribution in [0.15, 0.2) is 30.6 Å². The Morgan fingerprint density at radius 2 is 2.25 bits per heavy atom. The van der Waals surface area contributed by atoms with Crippen LogP contribution < -0.4 is 0 Å². The van der Waals surface area contributed by atoms with Crippen LogP contribution in [0.4, 0.5) is 8.78 Å². The predicted molar refractivity (Wildman–Crippen MR) is 68.3 cm³/mol. The molecule has 0 saturated heterocycles. The molecule has 0 fully saturated rings. The van der Waals surface area contributed by atoms with Gasteiger partial charge >= 0.3 is 0 Å². The Hall–Kier alpha value is -2.26. The molecular weight excluding hydrogens is 264 g/mol. The van der Waals surface area contributed by atoms with Gasteiger partial charge in [0.25, 0.3) is 0 Å². The number of hydrogen-bond acceptors (Lipinski definition) is 3. The molecule has 4 nitrogen and oxygen atoms in total. The maximum absolute atomic E-state index is 13.9. The second-order valence-electron chi connectivity index (χ2n) is 4.54. The number of hydrogen-bond donors (Lipinski definition) is 1. The van der Waals surface area contributed by atoms with Crippen molar-refractivity contribution < 1.29 is 13.9 Å². The molecule has 0 unspecified atom stereocenters. The summed E-state index contributed by atoms with van der Waals surface area (Å²) < 4.78 is 28.6. The van der Waals surface area contributed by atoms with Crippen LogP contribution in [-0.2, 0) is 12.1 Å². The maximum atomic E-state index is 13.9. The molecule has 0 saturated carbocycles. The lowest BCUT2D eigenvalue weighted by atomic mass is 9.82. The first-order chi connectivity index (χ1) is 9.47. The lowest BCUT2D eigenvalue weighted by molar-refractivity contribution is -0.0196. The van der Waals surface area contributed by atoms with E-state index in [-0.39, 0.29) is 12.1 Å². The van der Waals surface area contributed by atoms with Gasteiger partial charge in [-0.1, -0.05) is 5.21 Å². The summed E-state index contributed by atoms with van der Waals surface area (Å²) in [6.45, 7) is 1.43. The molecule has 1 heterocycles. The van der Waals surface area contributed by atoms with Crippen LogP contribution in [0, 0.1) is 29.9 Å². The van der Waals surface area contributed by atoms with Crippen LogP contribution in [0.3, 0.4) is 0 Å². The van der Waals surface area contributed by atoms with E-state index in [0.29, 0.717) is 0 Å². The molecule has 0 radical (unpaired) electrons. The minimum atomic E-state index is -1.78. The van der Waals surface area contributed by atoms with Gasteiger partial charge in [0, 0.05) is 11.8 Å². The first-order valence-corrected chi connectivity index (χ1v) is 5.95. The van der Waals surface area contributed by atoms with Crippen molar-refractivity contribution >= 4 is 0 Å². The lowest BCUT2D eigenvalue weighted by Gasteiger charge is -2.32. The first kappa shape index (κ1) is 14.2. The molecule has 0 aliphatic heterocycles. The van der Waals surface area contributed by atoms with Crippen LogP contribution in [0.25, 0.3) is 0 Å². The number of nitrogens with zero attached hydrogens (tertiary/aromatic N) is 3. The third-order valence-corrected chi connectivity index (χ3v) is 3.24. The van der Waals surface area contributed by atoms with Crippen LogP contribution in [0.2, 0.25) is 0 Å². The van der Waals surface area contributed by atoms with E-state index in [9.17, 15) is 13.9 Å². The smallest absolute Gasteiger partial charge is 0.129 e. The van der Waals surface area contributed by atoms with Crippen LogP contribution in [-0.4, -0.2) is 20.1 Å². The predicted octanol–water partition coefficient (Wildman–Crippen LogP) is 1.71. The molecule has 0 bridgehead atoms. The number of benzene rings is 1. The average Bonchev–Trinajstić information content (AvgIpc) is 2.93. The highest BCUT2D eigenvalue weighted by Gasteiger charge is 2.38. The molecule has 2 atom stereocenters. The van der Waals surface area contributed by atoms with Crippen molar-refractivity contribution in [1.82, 2.24) is 15.0 Å². The molecule has 0 aliphatic carbocycles. The molecule has 0 amide bonds. The van der Waals surface area contributed by atoms with Gasteiger partial charge in [-0.05, 0) is 25.1 Å². The Morgan fingerprint density at radius 1 is 1.50 bits per heavy atom. The maximum Gasteiger partial charge on any atom is 0.129 e. The normalized spacial score (nSPS) is 15.3. The molecule has 6 heteroatoms. The first-order valence-electron chi connectivity index (χ1n) is 5.95. The summed E-state index contributed by atoms with van der Waals surface area (Å²) in [6, 6.07) is 2.88. The molecule has 104 valence electrons. The van der Waals surface area contributed by atoms with Gasteiger partial charge in [-0.2, -0.15) is 0 Å². The summed E-state index contributed by atoms with van der Waals surface area (Å²) >= 11 is 0. The van der Waals surface area contributed by atoms with Crippen molar-refractivity contribution in [2.75, 3.05) is 0 Å². The minimum Gasteiger partial charge on any atom is -0.382 e. The molecule has 0 aliphatic rings. The molecule has 1 aromatic heterocycles. The second kappa shape index (κ2) is 5.39. The Morgan fingerprint density at radius 3 is 2.85 bits per heavy atom. The Labute approximate surface area is 115 Å². The molecular formula is C14H13F2N3O. The highest BCUT2D eigenvalue weighted by molar-refractivity contribution is 5.28. The molecule has 1 N–H and O–H groups in total. The van der Waals surface area contributed by atoms with Gasteiger partial charge in [0.2, 0.25) is 0 Å². The second-order valence-corrected chi connectivity index (χ2v) is 4.54. The fourth-order valence-corrected chi connectivity index (χ4v) is 1.99. The van der Waals surface area contributed by atoms with Gasteiger partial charge in [-0.15, -0.1) is 17.4 Å². The molecule has 20 heavy (non-hydrogen) atoms. The fourth-order valence-electron chi connectivity index (χ4n) is 1.99. The van der Waals surface area contributed by atoms with Crippen molar-refractivity contribution in [3.05, 3.63) is 47.8 Å². The molecule has 1 aromatic carbocycles. The topological polar surface area (TPSA) is 50.9 Å². The monoisotopic (exact) mass is 277 g/mol. The third kappa shape index (κ3) is 2.53. The number of halogens is 2. The minimum absolute atomic E-state index is 0.126. The van der Waals surface area contributed by atoms with Gasteiger partial charge in [-0.3, -0.25) is 0 Å².